The van der Waals surface area contributed by atoms with Crippen molar-refractivity contribution in [2.24, 2.45) is 0 Å². The van der Waals surface area contributed by atoms with Crippen LogP contribution in [0, 0.1) is 17.5 Å². The zero-order valence-electron chi connectivity index (χ0n) is 18.2. The molecule has 0 unspecified atom stereocenters. The fourth-order valence-corrected chi connectivity index (χ4v) is 3.17. The van der Waals surface area contributed by atoms with Gasteiger partial charge in [-0.3, -0.25) is 9.78 Å². The van der Waals surface area contributed by atoms with Crippen LogP contribution in [0.5, 0.6) is 23.1 Å². The smallest absolute Gasteiger partial charge is 0.258 e. The van der Waals surface area contributed by atoms with Crippen LogP contribution in [0.25, 0.3) is 11.0 Å². The summed E-state index contributed by atoms with van der Waals surface area (Å²) in [7, 11) is 1.40. The normalized spacial score (nSPS) is 10.8. The Kier molecular flexibility index (Phi) is 6.97. The van der Waals surface area contributed by atoms with E-state index in [1.165, 1.54) is 43.6 Å². The number of nitrogens with zero attached hydrogens (tertiary/aromatic N) is 2. The first kappa shape index (κ1) is 23.8. The molecule has 11 heteroatoms. The van der Waals surface area contributed by atoms with Gasteiger partial charge in [0.1, 0.15) is 17.9 Å². The van der Waals surface area contributed by atoms with Crippen LogP contribution >= 0.6 is 0 Å². The number of hydrogen-bond acceptors (Lipinski definition) is 7. The van der Waals surface area contributed by atoms with Crippen molar-refractivity contribution in [3.63, 3.8) is 0 Å². The SMILES string of the molecule is COc1cc2nccc(Oc3c(F)cc(NC(=O)c4ccccc4F)cc3F)c2nc1OCCO. The summed E-state index contributed by atoms with van der Waals surface area (Å²) in [5.74, 6) is -4.41. The van der Waals surface area contributed by atoms with Crippen molar-refractivity contribution >= 4 is 22.6 Å². The molecule has 4 rings (SSSR count). The second-order valence-corrected chi connectivity index (χ2v) is 7.05. The van der Waals surface area contributed by atoms with Gasteiger partial charge in [0.15, 0.2) is 28.9 Å². The van der Waals surface area contributed by atoms with Crippen LogP contribution in [-0.4, -0.2) is 41.3 Å². The Hall–Kier alpha value is -4.38. The lowest BCUT2D eigenvalue weighted by molar-refractivity contribution is 0.102. The topological polar surface area (TPSA) is 103 Å². The number of methoxy groups -OCH3 is 1. The van der Waals surface area contributed by atoms with E-state index in [1.54, 1.807) is 0 Å². The number of rotatable bonds is 8. The number of nitrogens with one attached hydrogen (secondary N) is 1. The summed E-state index contributed by atoms with van der Waals surface area (Å²) in [5.41, 5.74) is -0.0948. The maximum Gasteiger partial charge on any atom is 0.258 e. The van der Waals surface area contributed by atoms with Crippen molar-refractivity contribution in [1.29, 1.82) is 0 Å². The van der Waals surface area contributed by atoms with E-state index < -0.39 is 29.1 Å². The number of aliphatic hydroxyl groups excluding tert-OH is 1. The standard InChI is InChI=1S/C24H18F3N3O5/c1-33-20-12-18-21(30-24(20)34-9-8-31)19(6-7-28-18)35-22-16(26)10-13(11-17(22)27)29-23(32)14-4-2-3-5-15(14)25/h2-7,10-12,31H,8-9H2,1H3,(H,29,32). The van der Waals surface area contributed by atoms with Crippen LogP contribution in [0.1, 0.15) is 10.4 Å². The monoisotopic (exact) mass is 485 g/mol. The number of carbonyl (C=O) groups excluding carboxylic acids is 1. The van der Waals surface area contributed by atoms with E-state index in [1.807, 2.05) is 0 Å². The minimum absolute atomic E-state index is 0.0269. The third kappa shape index (κ3) is 5.09. The van der Waals surface area contributed by atoms with Gasteiger partial charge in [-0.15, -0.1) is 0 Å². The molecule has 0 spiro atoms. The largest absolute Gasteiger partial charge is 0.491 e. The van der Waals surface area contributed by atoms with Crippen LogP contribution in [0.15, 0.2) is 54.7 Å². The first-order valence-corrected chi connectivity index (χ1v) is 10.2. The molecule has 2 N–H and O–H groups in total. The highest BCUT2D eigenvalue weighted by atomic mass is 19.1. The van der Waals surface area contributed by atoms with E-state index in [0.29, 0.717) is 5.52 Å². The van der Waals surface area contributed by atoms with Gasteiger partial charge in [0.2, 0.25) is 0 Å². The maximum absolute atomic E-state index is 14.8. The average molecular weight is 485 g/mol. The molecule has 0 aliphatic rings. The second kappa shape index (κ2) is 10.3. The number of benzene rings is 2. The molecule has 0 fully saturated rings. The number of ether oxygens (including phenoxy) is 3. The van der Waals surface area contributed by atoms with Crippen molar-refractivity contribution in [2.75, 3.05) is 25.6 Å². The van der Waals surface area contributed by atoms with Gasteiger partial charge in [-0.25, -0.2) is 18.2 Å². The lowest BCUT2D eigenvalue weighted by atomic mass is 10.2. The Morgan fingerprint density at radius 3 is 2.46 bits per heavy atom. The molecule has 35 heavy (non-hydrogen) atoms. The highest BCUT2D eigenvalue weighted by Crippen LogP contribution is 2.36. The molecule has 4 aromatic rings. The van der Waals surface area contributed by atoms with E-state index in [4.69, 9.17) is 19.3 Å². The molecule has 2 aromatic heterocycles. The van der Waals surface area contributed by atoms with Crippen LogP contribution in [0.2, 0.25) is 0 Å². The molecule has 0 aliphatic carbocycles. The number of pyridine rings is 2. The number of halogens is 3. The Bertz CT molecular complexity index is 1380. The van der Waals surface area contributed by atoms with E-state index in [9.17, 15) is 18.0 Å². The lowest BCUT2D eigenvalue weighted by Gasteiger charge is -2.14. The van der Waals surface area contributed by atoms with Crippen molar-refractivity contribution in [3.05, 3.63) is 77.7 Å². The summed E-state index contributed by atoms with van der Waals surface area (Å²) in [6.07, 6.45) is 1.35. The van der Waals surface area contributed by atoms with Gasteiger partial charge in [-0.1, -0.05) is 12.1 Å². The third-order valence-corrected chi connectivity index (χ3v) is 4.74. The Labute approximate surface area is 196 Å². The number of fused-ring (bicyclic) bond motifs is 1. The number of hydrogen-bond donors (Lipinski definition) is 2. The molecule has 8 nitrogen and oxygen atoms in total. The van der Waals surface area contributed by atoms with Crippen LogP contribution in [0.3, 0.4) is 0 Å². The highest BCUT2D eigenvalue weighted by molar-refractivity contribution is 6.04. The molecule has 2 aromatic carbocycles. The average Bonchev–Trinajstić information content (AvgIpc) is 2.84. The van der Waals surface area contributed by atoms with Crippen molar-refractivity contribution in [1.82, 2.24) is 9.97 Å². The van der Waals surface area contributed by atoms with Crippen molar-refractivity contribution in [2.45, 2.75) is 0 Å². The van der Waals surface area contributed by atoms with Crippen molar-refractivity contribution < 1.29 is 37.3 Å². The molecule has 2 heterocycles. The number of aliphatic hydroxyl groups is 1. The maximum atomic E-state index is 14.8. The van der Waals surface area contributed by atoms with E-state index >= 15 is 0 Å². The van der Waals surface area contributed by atoms with E-state index in [-0.39, 0.29) is 47.4 Å². The van der Waals surface area contributed by atoms with Gasteiger partial charge in [0, 0.05) is 36.1 Å². The van der Waals surface area contributed by atoms with E-state index in [2.05, 4.69) is 15.3 Å². The summed E-state index contributed by atoms with van der Waals surface area (Å²) in [5, 5.41) is 11.3. The number of aromatic nitrogens is 2. The van der Waals surface area contributed by atoms with Crippen LogP contribution in [-0.2, 0) is 0 Å². The minimum Gasteiger partial charge on any atom is -0.491 e. The molecule has 0 aliphatic heterocycles. The molecular weight excluding hydrogens is 467 g/mol. The highest BCUT2D eigenvalue weighted by Gasteiger charge is 2.19. The number of amides is 1. The summed E-state index contributed by atoms with van der Waals surface area (Å²) in [6, 6.07) is 9.73. The quantitative estimate of drug-likeness (QED) is 0.380. The minimum atomic E-state index is -1.12. The van der Waals surface area contributed by atoms with Gasteiger partial charge in [-0.05, 0) is 12.1 Å². The van der Waals surface area contributed by atoms with Gasteiger partial charge < -0.3 is 24.6 Å². The summed E-state index contributed by atoms with van der Waals surface area (Å²) < 4.78 is 59.4. The predicted octanol–water partition coefficient (Wildman–Crippen LogP) is 4.47. The molecule has 0 saturated carbocycles. The first-order chi connectivity index (χ1) is 16.9. The fourth-order valence-electron chi connectivity index (χ4n) is 3.17. The number of anilines is 1. The molecule has 0 bridgehead atoms. The zero-order chi connectivity index (χ0) is 24.9. The van der Waals surface area contributed by atoms with Gasteiger partial charge >= 0.3 is 0 Å². The first-order valence-electron chi connectivity index (χ1n) is 10.2. The molecule has 0 saturated heterocycles. The molecule has 0 radical (unpaired) electrons. The van der Waals surface area contributed by atoms with Crippen LogP contribution < -0.4 is 19.5 Å². The molecule has 1 amide bonds. The second-order valence-electron chi connectivity index (χ2n) is 7.05. The van der Waals surface area contributed by atoms with Gasteiger partial charge in [0.25, 0.3) is 11.8 Å². The lowest BCUT2D eigenvalue weighted by Crippen LogP contribution is -2.14. The third-order valence-electron chi connectivity index (χ3n) is 4.74. The predicted molar refractivity (Wildman–Crippen MR) is 119 cm³/mol. The van der Waals surface area contributed by atoms with Crippen molar-refractivity contribution in [3.8, 4) is 23.1 Å². The Morgan fingerprint density at radius 1 is 1.03 bits per heavy atom. The van der Waals surface area contributed by atoms with Gasteiger partial charge in [0.05, 0.1) is 24.8 Å². The van der Waals surface area contributed by atoms with Crippen LogP contribution in [0.4, 0.5) is 18.9 Å². The van der Waals surface area contributed by atoms with Gasteiger partial charge in [-0.2, -0.15) is 0 Å². The molecule has 0 atom stereocenters. The number of carbonyl (C=O) groups is 1. The summed E-state index contributed by atoms with van der Waals surface area (Å²) in [4.78, 5) is 20.7. The van der Waals surface area contributed by atoms with E-state index in [0.717, 1.165) is 18.2 Å². The summed E-state index contributed by atoms with van der Waals surface area (Å²) in [6.45, 7) is -0.329. The summed E-state index contributed by atoms with van der Waals surface area (Å²) >= 11 is 0. The molecular formula is C24H18F3N3O5. The molecule has 180 valence electrons. The Balaban J connectivity index is 1.64. The Morgan fingerprint density at radius 2 is 1.77 bits per heavy atom. The zero-order valence-corrected chi connectivity index (χ0v) is 18.2. The fraction of sp³-hybridized carbons (Fsp3) is 0.125.